The van der Waals surface area contributed by atoms with Crippen molar-refractivity contribution >= 4 is 0 Å². The third-order valence-corrected chi connectivity index (χ3v) is 3.71. The molecule has 1 aromatic rings. The first kappa shape index (κ1) is 12.4. The molecule has 0 aromatic heterocycles. The maximum absolute atomic E-state index is 6.14. The summed E-state index contributed by atoms with van der Waals surface area (Å²) < 4.78 is 5.82. The van der Waals surface area contributed by atoms with Crippen molar-refractivity contribution in [1.82, 2.24) is 0 Å². The molecule has 0 aliphatic heterocycles. The first-order valence-corrected chi connectivity index (χ1v) is 6.72. The van der Waals surface area contributed by atoms with Crippen LogP contribution in [0.1, 0.15) is 50.3 Å². The van der Waals surface area contributed by atoms with E-state index in [0.29, 0.717) is 5.92 Å². The van der Waals surface area contributed by atoms with Gasteiger partial charge in [-0.25, -0.2) is 0 Å². The largest absolute Gasteiger partial charge is 0.493 e. The van der Waals surface area contributed by atoms with E-state index >= 15 is 0 Å². The molecule has 2 heteroatoms. The van der Waals surface area contributed by atoms with Crippen LogP contribution in [0.2, 0.25) is 0 Å². The first-order chi connectivity index (χ1) is 8.20. The average molecular weight is 233 g/mol. The van der Waals surface area contributed by atoms with E-state index in [4.69, 9.17) is 10.5 Å². The van der Waals surface area contributed by atoms with E-state index in [9.17, 15) is 0 Å². The fraction of sp³-hybridized carbons (Fsp3) is 0.600. The van der Waals surface area contributed by atoms with Crippen LogP contribution in [0.4, 0.5) is 0 Å². The van der Waals surface area contributed by atoms with Crippen LogP contribution in [0.25, 0.3) is 0 Å². The van der Waals surface area contributed by atoms with Crippen molar-refractivity contribution in [1.29, 1.82) is 0 Å². The minimum absolute atomic E-state index is 0.200. The lowest BCUT2D eigenvalue weighted by atomic mass is 9.88. The molecule has 17 heavy (non-hydrogen) atoms. The van der Waals surface area contributed by atoms with Gasteiger partial charge in [0.1, 0.15) is 5.75 Å². The number of fused-ring (bicyclic) bond motifs is 1. The predicted molar refractivity (Wildman–Crippen MR) is 71.3 cm³/mol. The minimum Gasteiger partial charge on any atom is -0.493 e. The summed E-state index contributed by atoms with van der Waals surface area (Å²) in [7, 11) is 0. The van der Waals surface area contributed by atoms with Crippen LogP contribution in [-0.2, 0) is 6.42 Å². The molecule has 1 unspecified atom stereocenters. The Morgan fingerprint density at radius 3 is 3.06 bits per heavy atom. The molecule has 2 N–H and O–H groups in total. The van der Waals surface area contributed by atoms with Crippen LogP contribution < -0.4 is 10.5 Å². The van der Waals surface area contributed by atoms with Gasteiger partial charge in [0.15, 0.2) is 0 Å². The smallest absolute Gasteiger partial charge is 0.119 e. The van der Waals surface area contributed by atoms with Crippen molar-refractivity contribution < 1.29 is 4.74 Å². The number of rotatable bonds is 4. The van der Waals surface area contributed by atoms with Gasteiger partial charge in [0.05, 0.1) is 6.61 Å². The summed E-state index contributed by atoms with van der Waals surface area (Å²) in [6.45, 7) is 5.20. The molecule has 0 radical (unpaired) electrons. The van der Waals surface area contributed by atoms with Gasteiger partial charge < -0.3 is 10.5 Å². The highest BCUT2D eigenvalue weighted by Gasteiger charge is 2.17. The van der Waals surface area contributed by atoms with E-state index in [2.05, 4.69) is 32.0 Å². The molecule has 0 fully saturated rings. The highest BCUT2D eigenvalue weighted by molar-refractivity contribution is 5.39. The van der Waals surface area contributed by atoms with Crippen molar-refractivity contribution in [2.75, 3.05) is 6.61 Å². The van der Waals surface area contributed by atoms with Gasteiger partial charge in [0, 0.05) is 6.04 Å². The number of nitrogens with two attached hydrogens (primary N) is 1. The Morgan fingerprint density at radius 1 is 1.47 bits per heavy atom. The zero-order valence-corrected chi connectivity index (χ0v) is 10.9. The predicted octanol–water partition coefficient (Wildman–Crippen LogP) is 3.45. The van der Waals surface area contributed by atoms with Crippen molar-refractivity contribution in [3.63, 3.8) is 0 Å². The third kappa shape index (κ3) is 3.01. The molecule has 0 bridgehead atoms. The van der Waals surface area contributed by atoms with E-state index in [1.54, 1.807) is 0 Å². The van der Waals surface area contributed by atoms with Gasteiger partial charge in [-0.05, 0) is 48.4 Å². The molecule has 0 amide bonds. The Morgan fingerprint density at radius 2 is 2.29 bits per heavy atom. The highest BCUT2D eigenvalue weighted by Crippen LogP contribution is 2.30. The third-order valence-electron chi connectivity index (χ3n) is 3.71. The molecule has 2 rings (SSSR count). The van der Waals surface area contributed by atoms with Gasteiger partial charge >= 0.3 is 0 Å². The monoisotopic (exact) mass is 233 g/mol. The summed E-state index contributed by atoms with van der Waals surface area (Å²) in [5.74, 6) is 1.58. The zero-order chi connectivity index (χ0) is 12.3. The lowest BCUT2D eigenvalue weighted by Crippen LogP contribution is -2.17. The van der Waals surface area contributed by atoms with Gasteiger partial charge in [-0.3, -0.25) is 0 Å². The lowest BCUT2D eigenvalue weighted by molar-refractivity contribution is 0.256. The van der Waals surface area contributed by atoms with Crippen molar-refractivity contribution in [2.24, 2.45) is 11.7 Å². The first-order valence-electron chi connectivity index (χ1n) is 6.72. The molecule has 2 nitrogen and oxygen atoms in total. The fourth-order valence-corrected chi connectivity index (χ4v) is 2.26. The molecule has 0 saturated carbocycles. The molecular weight excluding hydrogens is 210 g/mol. The van der Waals surface area contributed by atoms with Crippen LogP contribution >= 0.6 is 0 Å². The minimum atomic E-state index is 0.200. The van der Waals surface area contributed by atoms with Crippen LogP contribution in [0.3, 0.4) is 0 Å². The zero-order valence-electron chi connectivity index (χ0n) is 10.9. The number of aryl methyl sites for hydroxylation is 1. The van der Waals surface area contributed by atoms with Gasteiger partial charge in [0.2, 0.25) is 0 Å². The molecule has 1 aliphatic rings. The molecular formula is C15H23NO. The van der Waals surface area contributed by atoms with E-state index in [1.807, 2.05) is 0 Å². The quantitative estimate of drug-likeness (QED) is 0.864. The summed E-state index contributed by atoms with van der Waals surface area (Å²) in [6, 6.07) is 6.60. The Kier molecular flexibility index (Phi) is 4.06. The molecule has 0 heterocycles. The van der Waals surface area contributed by atoms with Crippen LogP contribution in [0.5, 0.6) is 5.75 Å². The van der Waals surface area contributed by atoms with Crippen LogP contribution in [0, 0.1) is 5.92 Å². The molecule has 94 valence electrons. The maximum atomic E-state index is 6.14. The summed E-state index contributed by atoms with van der Waals surface area (Å²) in [5, 5.41) is 0. The Labute approximate surface area is 104 Å². The van der Waals surface area contributed by atoms with Gasteiger partial charge in [-0.15, -0.1) is 0 Å². The topological polar surface area (TPSA) is 35.2 Å². The van der Waals surface area contributed by atoms with Gasteiger partial charge in [0.25, 0.3) is 0 Å². The Balaban J connectivity index is 2.07. The average Bonchev–Trinajstić information content (AvgIpc) is 2.36. The second-order valence-corrected chi connectivity index (χ2v) is 5.18. The molecule has 2 atom stereocenters. The number of benzene rings is 1. The summed E-state index contributed by atoms with van der Waals surface area (Å²) in [5.41, 5.74) is 8.83. The Bertz CT molecular complexity index is 375. The second kappa shape index (κ2) is 5.54. The summed E-state index contributed by atoms with van der Waals surface area (Å²) in [6.07, 6.45) is 4.63. The van der Waals surface area contributed by atoms with E-state index in [0.717, 1.165) is 31.6 Å². The van der Waals surface area contributed by atoms with E-state index in [-0.39, 0.29) is 6.04 Å². The van der Waals surface area contributed by atoms with Gasteiger partial charge in [-0.1, -0.05) is 26.3 Å². The van der Waals surface area contributed by atoms with Crippen LogP contribution in [-0.4, -0.2) is 6.61 Å². The molecule has 0 saturated heterocycles. The SMILES string of the molecule is CCC(C)COc1ccc2c(c1)[C@H](N)CCC2. The van der Waals surface area contributed by atoms with Crippen molar-refractivity contribution in [3.8, 4) is 5.75 Å². The standard InChI is InChI=1S/C15H23NO/c1-3-11(2)10-17-13-8-7-12-5-4-6-15(16)14(12)9-13/h7-9,11,15H,3-6,10,16H2,1-2H3/t11?,15-/m1/s1. The normalized spacial score (nSPS) is 20.8. The Hall–Kier alpha value is -1.02. The fourth-order valence-electron chi connectivity index (χ4n) is 2.26. The molecule has 1 aliphatic carbocycles. The maximum Gasteiger partial charge on any atom is 0.119 e. The molecule has 1 aromatic carbocycles. The van der Waals surface area contributed by atoms with Crippen molar-refractivity contribution in [2.45, 2.75) is 45.6 Å². The van der Waals surface area contributed by atoms with Crippen LogP contribution in [0.15, 0.2) is 18.2 Å². The number of ether oxygens (including phenoxy) is 1. The molecule has 0 spiro atoms. The van der Waals surface area contributed by atoms with E-state index < -0.39 is 0 Å². The highest BCUT2D eigenvalue weighted by atomic mass is 16.5. The second-order valence-electron chi connectivity index (χ2n) is 5.18. The van der Waals surface area contributed by atoms with Gasteiger partial charge in [-0.2, -0.15) is 0 Å². The summed E-state index contributed by atoms with van der Waals surface area (Å²) >= 11 is 0. The number of hydrogen-bond acceptors (Lipinski definition) is 2. The lowest BCUT2D eigenvalue weighted by Gasteiger charge is -2.23. The summed E-state index contributed by atoms with van der Waals surface area (Å²) in [4.78, 5) is 0. The van der Waals surface area contributed by atoms with Crippen molar-refractivity contribution in [3.05, 3.63) is 29.3 Å². The number of hydrogen-bond donors (Lipinski definition) is 1. The van der Waals surface area contributed by atoms with E-state index in [1.165, 1.54) is 17.5 Å².